The van der Waals surface area contributed by atoms with Crippen LogP contribution in [-0.4, -0.2) is 46.7 Å². The zero-order valence-electron chi connectivity index (χ0n) is 26.6. The van der Waals surface area contributed by atoms with Gasteiger partial charge in [0, 0.05) is 35.7 Å². The molecule has 2 N–H and O–H groups in total. The molecule has 0 bridgehead atoms. The van der Waals surface area contributed by atoms with Crippen LogP contribution in [0.15, 0.2) is 48.8 Å². The topological polar surface area (TPSA) is 87.2 Å². The molecule has 1 atom stereocenters. The van der Waals surface area contributed by atoms with Crippen molar-refractivity contribution in [1.82, 2.24) is 20.0 Å². The molecule has 3 aromatic rings. The number of thiophene rings is 1. The van der Waals surface area contributed by atoms with Crippen LogP contribution >= 0.6 is 23.3 Å². The SMILES string of the molecule is CCSNC(=O)C(Cc1ccc(-c2ncc(N3CCC(C4CCCCC4)CC3)cn2)cc1)NC(=O)c1ccc(C(C)(C)C)s1. The summed E-state index contributed by atoms with van der Waals surface area (Å²) in [6.07, 6.45) is 13.9. The van der Waals surface area contributed by atoms with Crippen LogP contribution in [0.2, 0.25) is 0 Å². The fourth-order valence-electron chi connectivity index (χ4n) is 6.41. The molecule has 2 fully saturated rings. The minimum absolute atomic E-state index is 0.0329. The second-order valence-electron chi connectivity index (χ2n) is 13.2. The smallest absolute Gasteiger partial charge is 0.262 e. The molecule has 9 heteroatoms. The number of aromatic nitrogens is 2. The second-order valence-corrected chi connectivity index (χ2v) is 15.4. The number of hydrogen-bond donors (Lipinski definition) is 2. The molecule has 2 amide bonds. The Kier molecular flexibility index (Phi) is 11.0. The van der Waals surface area contributed by atoms with Gasteiger partial charge in [0.25, 0.3) is 11.8 Å². The van der Waals surface area contributed by atoms with E-state index in [0.29, 0.717) is 17.1 Å². The maximum absolute atomic E-state index is 13.1. The minimum Gasteiger partial charge on any atom is -0.369 e. The van der Waals surface area contributed by atoms with E-state index < -0.39 is 6.04 Å². The van der Waals surface area contributed by atoms with E-state index in [2.05, 4.69) is 35.7 Å². The third kappa shape index (κ3) is 8.42. The van der Waals surface area contributed by atoms with Gasteiger partial charge < -0.3 is 10.2 Å². The van der Waals surface area contributed by atoms with Crippen LogP contribution in [0, 0.1) is 11.8 Å². The third-order valence-corrected chi connectivity index (χ3v) is 11.2. The first kappa shape index (κ1) is 32.5. The van der Waals surface area contributed by atoms with Gasteiger partial charge in [0.2, 0.25) is 0 Å². The first-order valence-electron chi connectivity index (χ1n) is 16.2. The average Bonchev–Trinajstić information content (AvgIpc) is 3.56. The molecule has 1 aliphatic carbocycles. The molecule has 0 radical (unpaired) electrons. The standard InChI is InChI=1S/C35H47N5O2S2/c1-5-43-39-33(41)29(38-34(42)30-15-16-31(44-30)35(2,3)4)21-24-11-13-27(14-12-24)32-36-22-28(23-37-32)40-19-17-26(18-20-40)25-9-7-6-8-10-25/h11-16,22-23,25-26,29H,5-10,17-21H2,1-4H3,(H,38,42)(H,39,41). The third-order valence-electron chi connectivity index (χ3n) is 9.02. The van der Waals surface area contributed by atoms with Gasteiger partial charge in [-0.2, -0.15) is 0 Å². The maximum atomic E-state index is 13.1. The molecule has 3 heterocycles. The Hall–Kier alpha value is -2.91. The van der Waals surface area contributed by atoms with Crippen molar-refractivity contribution in [3.05, 3.63) is 64.1 Å². The van der Waals surface area contributed by atoms with Gasteiger partial charge in [-0.15, -0.1) is 11.3 Å². The van der Waals surface area contributed by atoms with Crippen LogP contribution in [0.3, 0.4) is 0 Å². The summed E-state index contributed by atoms with van der Waals surface area (Å²) < 4.78 is 2.87. The second kappa shape index (κ2) is 14.9. The van der Waals surface area contributed by atoms with Gasteiger partial charge in [-0.3, -0.25) is 14.3 Å². The molecule has 0 spiro atoms. The molecule has 1 saturated carbocycles. The Morgan fingerprint density at radius 2 is 1.61 bits per heavy atom. The highest BCUT2D eigenvalue weighted by Crippen LogP contribution is 2.36. The van der Waals surface area contributed by atoms with Crippen molar-refractivity contribution in [2.24, 2.45) is 11.8 Å². The normalized spacial score (nSPS) is 17.3. The predicted molar refractivity (Wildman–Crippen MR) is 183 cm³/mol. The average molecular weight is 634 g/mol. The zero-order valence-corrected chi connectivity index (χ0v) is 28.2. The highest BCUT2D eigenvalue weighted by Gasteiger charge is 2.28. The molecule has 1 saturated heterocycles. The van der Waals surface area contributed by atoms with Crippen LogP contribution in [0.5, 0.6) is 0 Å². The summed E-state index contributed by atoms with van der Waals surface area (Å²) >= 11 is 2.81. The summed E-state index contributed by atoms with van der Waals surface area (Å²) in [5.74, 6) is 2.82. The first-order chi connectivity index (χ1) is 21.2. The van der Waals surface area contributed by atoms with Crippen molar-refractivity contribution >= 4 is 40.8 Å². The van der Waals surface area contributed by atoms with Crippen molar-refractivity contribution in [2.75, 3.05) is 23.7 Å². The summed E-state index contributed by atoms with van der Waals surface area (Å²) in [7, 11) is 0. The number of hydrogen-bond acceptors (Lipinski definition) is 7. The molecule has 1 aliphatic heterocycles. The van der Waals surface area contributed by atoms with E-state index >= 15 is 0 Å². The molecule has 2 aliphatic rings. The lowest BCUT2D eigenvalue weighted by Gasteiger charge is -2.38. The van der Waals surface area contributed by atoms with E-state index in [1.807, 2.05) is 55.7 Å². The van der Waals surface area contributed by atoms with Gasteiger partial charge in [-0.05, 0) is 47.8 Å². The quantitative estimate of drug-likeness (QED) is 0.226. The number of carbonyl (C=O) groups excluding carboxylic acids is 2. The number of carbonyl (C=O) groups is 2. The summed E-state index contributed by atoms with van der Waals surface area (Å²) in [5, 5.41) is 2.98. The lowest BCUT2D eigenvalue weighted by atomic mass is 9.76. The van der Waals surface area contributed by atoms with Crippen LogP contribution in [0.1, 0.15) is 92.8 Å². The highest BCUT2D eigenvalue weighted by atomic mass is 32.2. The zero-order chi connectivity index (χ0) is 31.1. The van der Waals surface area contributed by atoms with Gasteiger partial charge in [0.15, 0.2) is 5.82 Å². The van der Waals surface area contributed by atoms with E-state index in [4.69, 9.17) is 9.97 Å². The van der Waals surface area contributed by atoms with Crippen molar-refractivity contribution < 1.29 is 9.59 Å². The van der Waals surface area contributed by atoms with Gasteiger partial charge in [-0.25, -0.2) is 9.97 Å². The number of piperidine rings is 1. The van der Waals surface area contributed by atoms with E-state index in [0.717, 1.165) is 52.4 Å². The lowest BCUT2D eigenvalue weighted by molar-refractivity contribution is -0.121. The lowest BCUT2D eigenvalue weighted by Crippen LogP contribution is -2.46. The molecule has 2 aromatic heterocycles. The number of anilines is 1. The van der Waals surface area contributed by atoms with E-state index in [1.165, 1.54) is 68.2 Å². The first-order valence-corrected chi connectivity index (χ1v) is 18.0. The molecule has 44 heavy (non-hydrogen) atoms. The molecule has 7 nitrogen and oxygen atoms in total. The fourth-order valence-corrected chi connectivity index (χ4v) is 7.81. The Balaban J connectivity index is 1.19. The molecule has 1 aromatic carbocycles. The number of benzene rings is 1. The van der Waals surface area contributed by atoms with Crippen molar-refractivity contribution in [3.8, 4) is 11.4 Å². The molecule has 5 rings (SSSR count). The monoisotopic (exact) mass is 633 g/mol. The fraction of sp³-hybridized carbons (Fsp3) is 0.543. The molecular weight excluding hydrogens is 587 g/mol. The van der Waals surface area contributed by atoms with Gasteiger partial charge >= 0.3 is 0 Å². The Morgan fingerprint density at radius 1 is 0.955 bits per heavy atom. The van der Waals surface area contributed by atoms with E-state index in [1.54, 1.807) is 0 Å². The van der Waals surface area contributed by atoms with E-state index in [9.17, 15) is 9.59 Å². The van der Waals surface area contributed by atoms with Crippen molar-refractivity contribution in [2.45, 2.75) is 90.5 Å². The predicted octanol–water partition coefficient (Wildman–Crippen LogP) is 7.42. The van der Waals surface area contributed by atoms with Crippen LogP contribution < -0.4 is 14.9 Å². The number of amides is 2. The Morgan fingerprint density at radius 3 is 2.23 bits per heavy atom. The molecule has 1 unspecified atom stereocenters. The summed E-state index contributed by atoms with van der Waals surface area (Å²) in [6, 6.07) is 11.1. The summed E-state index contributed by atoms with van der Waals surface area (Å²) in [6.45, 7) is 10.5. The number of nitrogens with one attached hydrogen (secondary N) is 2. The Bertz CT molecular complexity index is 1370. The van der Waals surface area contributed by atoms with Gasteiger partial charge in [-0.1, -0.05) is 96.0 Å². The van der Waals surface area contributed by atoms with Crippen molar-refractivity contribution in [1.29, 1.82) is 0 Å². The van der Waals surface area contributed by atoms with E-state index in [-0.39, 0.29) is 17.2 Å². The molecule has 236 valence electrons. The summed E-state index contributed by atoms with van der Waals surface area (Å²) in [4.78, 5) is 39.7. The summed E-state index contributed by atoms with van der Waals surface area (Å²) in [5.41, 5.74) is 2.95. The molecular formula is C35H47N5O2S2. The number of rotatable bonds is 10. The van der Waals surface area contributed by atoms with Crippen molar-refractivity contribution in [3.63, 3.8) is 0 Å². The maximum Gasteiger partial charge on any atom is 0.262 e. The highest BCUT2D eigenvalue weighted by molar-refractivity contribution is 7.97. The van der Waals surface area contributed by atoms with Gasteiger partial charge in [0.1, 0.15) is 6.04 Å². The Labute approximate surface area is 271 Å². The van der Waals surface area contributed by atoms with Crippen LogP contribution in [-0.2, 0) is 16.6 Å². The minimum atomic E-state index is -0.689. The largest absolute Gasteiger partial charge is 0.369 e. The van der Waals surface area contributed by atoms with Gasteiger partial charge in [0.05, 0.1) is 23.0 Å². The number of nitrogens with zero attached hydrogens (tertiary/aromatic N) is 3. The van der Waals surface area contributed by atoms with Crippen LogP contribution in [0.4, 0.5) is 5.69 Å². The van der Waals surface area contributed by atoms with Crippen LogP contribution in [0.25, 0.3) is 11.4 Å².